The number of nitrogens with zero attached hydrogens (tertiary/aromatic N) is 2. The quantitative estimate of drug-likeness (QED) is 0.0979. The predicted molar refractivity (Wildman–Crippen MR) is 167 cm³/mol. The maximum absolute atomic E-state index is 13.7. The van der Waals surface area contributed by atoms with Crippen LogP contribution in [0.25, 0.3) is 0 Å². The molecule has 1 aliphatic carbocycles. The van der Waals surface area contributed by atoms with Crippen molar-refractivity contribution in [3.63, 3.8) is 0 Å². The summed E-state index contributed by atoms with van der Waals surface area (Å²) in [5.41, 5.74) is 1.03. The first kappa shape index (κ1) is 33.7. The Morgan fingerprint density at radius 2 is 1.81 bits per heavy atom. The number of halogens is 2. The third kappa shape index (κ3) is 9.36. The first-order valence-corrected chi connectivity index (χ1v) is 15.8. The van der Waals surface area contributed by atoms with Gasteiger partial charge in [-0.25, -0.2) is 8.78 Å². The SMILES string of the molecule is C#CCCCC(=N)N(C(=N)C(C)C)C(C)CC1CCC(C)N1CCC(NC(=O)C1CCC(F)(F)CC1)c1ccccc1. The average molecular weight is 584 g/mol. The minimum absolute atomic E-state index is 0.00471. The fraction of sp³-hybridized carbons (Fsp3) is 0.676. The second kappa shape index (κ2) is 15.6. The number of amidine groups is 2. The van der Waals surface area contributed by atoms with Crippen molar-refractivity contribution in [3.05, 3.63) is 35.9 Å². The monoisotopic (exact) mass is 583 g/mol. The summed E-state index contributed by atoms with van der Waals surface area (Å²) in [6.45, 7) is 9.16. The van der Waals surface area contributed by atoms with Crippen molar-refractivity contribution in [2.45, 2.75) is 128 Å². The smallest absolute Gasteiger partial charge is 0.248 e. The van der Waals surface area contributed by atoms with Gasteiger partial charge >= 0.3 is 0 Å². The van der Waals surface area contributed by atoms with Crippen molar-refractivity contribution in [3.8, 4) is 12.3 Å². The molecule has 0 bridgehead atoms. The molecule has 232 valence electrons. The summed E-state index contributed by atoms with van der Waals surface area (Å²) in [4.78, 5) is 17.6. The molecular formula is C34H51F2N5O. The van der Waals surface area contributed by atoms with Crippen LogP contribution in [0.4, 0.5) is 8.78 Å². The van der Waals surface area contributed by atoms with Gasteiger partial charge in [-0.05, 0) is 64.4 Å². The van der Waals surface area contributed by atoms with Crippen LogP contribution < -0.4 is 5.32 Å². The Morgan fingerprint density at radius 3 is 2.43 bits per heavy atom. The minimum atomic E-state index is -2.66. The summed E-state index contributed by atoms with van der Waals surface area (Å²) in [6, 6.07) is 10.4. The van der Waals surface area contributed by atoms with Crippen molar-refractivity contribution < 1.29 is 13.6 Å². The zero-order chi connectivity index (χ0) is 30.9. The van der Waals surface area contributed by atoms with Crippen LogP contribution in [0.1, 0.15) is 110 Å². The summed E-state index contributed by atoms with van der Waals surface area (Å²) in [5.74, 6) is 0.454. The molecule has 4 unspecified atom stereocenters. The lowest BCUT2D eigenvalue weighted by Crippen LogP contribution is -2.48. The van der Waals surface area contributed by atoms with E-state index in [0.29, 0.717) is 36.6 Å². The zero-order valence-electron chi connectivity index (χ0n) is 26.0. The molecule has 4 atom stereocenters. The Morgan fingerprint density at radius 1 is 1.14 bits per heavy atom. The number of terminal acetylenes is 1. The highest BCUT2D eigenvalue weighted by molar-refractivity contribution is 5.99. The van der Waals surface area contributed by atoms with E-state index in [1.54, 1.807) is 0 Å². The zero-order valence-corrected chi connectivity index (χ0v) is 26.0. The number of hydrogen-bond acceptors (Lipinski definition) is 4. The van der Waals surface area contributed by atoms with Gasteiger partial charge < -0.3 is 10.2 Å². The summed E-state index contributed by atoms with van der Waals surface area (Å²) in [5, 5.41) is 20.7. The molecule has 2 aliphatic rings. The maximum Gasteiger partial charge on any atom is 0.248 e. The molecule has 1 saturated carbocycles. The van der Waals surface area contributed by atoms with Gasteiger partial charge in [0.2, 0.25) is 11.8 Å². The fourth-order valence-corrected chi connectivity index (χ4v) is 6.56. The van der Waals surface area contributed by atoms with E-state index >= 15 is 0 Å². The molecule has 0 spiro atoms. The molecule has 3 N–H and O–H groups in total. The first-order chi connectivity index (χ1) is 19.9. The number of amides is 1. The molecule has 1 aromatic carbocycles. The van der Waals surface area contributed by atoms with Crippen molar-refractivity contribution in [1.29, 1.82) is 10.8 Å². The highest BCUT2D eigenvalue weighted by Crippen LogP contribution is 2.37. The van der Waals surface area contributed by atoms with Gasteiger partial charge in [0.1, 0.15) is 11.7 Å². The van der Waals surface area contributed by atoms with E-state index in [4.69, 9.17) is 17.2 Å². The first-order valence-electron chi connectivity index (χ1n) is 15.8. The Bertz CT molecular complexity index is 1080. The lowest BCUT2D eigenvalue weighted by atomic mass is 9.86. The third-order valence-electron chi connectivity index (χ3n) is 9.12. The number of likely N-dealkylation sites (tertiary alicyclic amines) is 1. The molecule has 8 heteroatoms. The van der Waals surface area contributed by atoms with E-state index in [1.807, 2.05) is 49.1 Å². The molecule has 1 aromatic rings. The van der Waals surface area contributed by atoms with E-state index in [-0.39, 0.29) is 55.5 Å². The van der Waals surface area contributed by atoms with Gasteiger partial charge in [0.05, 0.1) is 6.04 Å². The van der Waals surface area contributed by atoms with Gasteiger partial charge in [0, 0.05) is 62.2 Å². The minimum Gasteiger partial charge on any atom is -0.349 e. The number of hydrogen-bond donors (Lipinski definition) is 3. The number of carbonyl (C=O) groups excluding carboxylic acids is 1. The topological polar surface area (TPSA) is 83.3 Å². The highest BCUT2D eigenvalue weighted by atomic mass is 19.3. The normalized spacial score (nSPS) is 22.3. The number of unbranched alkanes of at least 4 members (excludes halogenated alkanes) is 1. The number of carbonyl (C=O) groups is 1. The van der Waals surface area contributed by atoms with Gasteiger partial charge in [0.25, 0.3) is 0 Å². The third-order valence-corrected chi connectivity index (χ3v) is 9.12. The largest absolute Gasteiger partial charge is 0.349 e. The van der Waals surface area contributed by atoms with Crippen LogP contribution in [0.5, 0.6) is 0 Å². The number of rotatable bonds is 13. The molecule has 1 saturated heterocycles. The van der Waals surface area contributed by atoms with Crippen LogP contribution in [0.3, 0.4) is 0 Å². The Balaban J connectivity index is 1.68. The second-order valence-corrected chi connectivity index (χ2v) is 12.7. The van der Waals surface area contributed by atoms with Gasteiger partial charge in [-0.1, -0.05) is 44.2 Å². The number of alkyl halides is 2. The molecule has 1 amide bonds. The van der Waals surface area contributed by atoms with E-state index in [9.17, 15) is 13.6 Å². The van der Waals surface area contributed by atoms with Crippen LogP contribution in [0.15, 0.2) is 30.3 Å². The lowest BCUT2D eigenvalue weighted by molar-refractivity contribution is -0.130. The van der Waals surface area contributed by atoms with Crippen LogP contribution in [-0.2, 0) is 4.79 Å². The van der Waals surface area contributed by atoms with Crippen molar-refractivity contribution in [2.75, 3.05) is 6.54 Å². The summed E-state index contributed by atoms with van der Waals surface area (Å²) < 4.78 is 27.4. The molecule has 0 aromatic heterocycles. The Kier molecular flexibility index (Phi) is 12.5. The average Bonchev–Trinajstić information content (AvgIpc) is 3.29. The molecule has 42 heavy (non-hydrogen) atoms. The van der Waals surface area contributed by atoms with Gasteiger partial charge in [-0.15, -0.1) is 12.3 Å². The standard InChI is InChI=1S/C34H51F2N5O/c1-6-7-9-14-31(37)41(32(38)24(2)3)26(5)23-29-16-15-25(4)40(29)22-19-30(27-12-10-8-11-13-27)39-33(42)28-17-20-34(35,36)21-18-28/h1,8,10-13,24-26,28-30,37-38H,7,9,14-23H2,2-5H3,(H,39,42). The highest BCUT2D eigenvalue weighted by Gasteiger charge is 2.38. The van der Waals surface area contributed by atoms with E-state index in [1.165, 1.54) is 0 Å². The second-order valence-electron chi connectivity index (χ2n) is 12.7. The maximum atomic E-state index is 13.7. The number of nitrogens with one attached hydrogen (secondary N) is 3. The van der Waals surface area contributed by atoms with Gasteiger partial charge in [0.15, 0.2) is 0 Å². The number of benzene rings is 1. The fourth-order valence-electron chi connectivity index (χ4n) is 6.56. The molecule has 3 rings (SSSR count). The van der Waals surface area contributed by atoms with Crippen LogP contribution in [-0.4, -0.2) is 58.0 Å². The summed E-state index contributed by atoms with van der Waals surface area (Å²) >= 11 is 0. The molecule has 1 aliphatic heterocycles. The van der Waals surface area contributed by atoms with Crippen molar-refractivity contribution in [1.82, 2.24) is 15.1 Å². The summed E-state index contributed by atoms with van der Waals surface area (Å²) in [7, 11) is 0. The molecule has 6 nitrogen and oxygen atoms in total. The van der Waals surface area contributed by atoms with Crippen molar-refractivity contribution in [2.24, 2.45) is 11.8 Å². The Hall–Kier alpha value is -2.79. The molecule has 1 heterocycles. The van der Waals surface area contributed by atoms with E-state index < -0.39 is 5.92 Å². The van der Waals surface area contributed by atoms with Gasteiger partial charge in [-0.3, -0.25) is 20.5 Å². The van der Waals surface area contributed by atoms with Gasteiger partial charge in [-0.2, -0.15) is 0 Å². The van der Waals surface area contributed by atoms with E-state index in [0.717, 1.165) is 44.2 Å². The van der Waals surface area contributed by atoms with Crippen LogP contribution in [0.2, 0.25) is 0 Å². The molecular weight excluding hydrogens is 532 g/mol. The molecule has 2 fully saturated rings. The lowest BCUT2D eigenvalue weighted by Gasteiger charge is -2.37. The summed E-state index contributed by atoms with van der Waals surface area (Å²) in [6.07, 6.45) is 11.1. The predicted octanol–water partition coefficient (Wildman–Crippen LogP) is 7.41. The van der Waals surface area contributed by atoms with Crippen molar-refractivity contribution >= 4 is 17.6 Å². The van der Waals surface area contributed by atoms with Crippen LogP contribution in [0, 0.1) is 35.0 Å². The van der Waals surface area contributed by atoms with Crippen LogP contribution >= 0.6 is 0 Å². The van der Waals surface area contributed by atoms with E-state index in [2.05, 4.69) is 30.0 Å². The molecule has 0 radical (unpaired) electrons. The Labute approximate surface area is 252 Å².